The van der Waals surface area contributed by atoms with Crippen LogP contribution in [0, 0.1) is 0 Å². The number of aromatic nitrogens is 1. The van der Waals surface area contributed by atoms with Crippen LogP contribution in [-0.4, -0.2) is 28.6 Å². The zero-order chi connectivity index (χ0) is 10.7. The molecule has 0 spiro atoms. The molecule has 0 amide bonds. The highest BCUT2D eigenvalue weighted by molar-refractivity contribution is 9.10. The molecule has 0 radical (unpaired) electrons. The summed E-state index contributed by atoms with van der Waals surface area (Å²) in [4.78, 5) is 16.5. The van der Waals surface area contributed by atoms with Gasteiger partial charge < -0.3 is 10.0 Å². The highest BCUT2D eigenvalue weighted by atomic mass is 79.9. The van der Waals surface area contributed by atoms with Gasteiger partial charge in [0.15, 0.2) is 5.13 Å². The van der Waals surface area contributed by atoms with E-state index in [1.807, 2.05) is 19.2 Å². The number of hydrogen-bond acceptors (Lipinski definition) is 4. The van der Waals surface area contributed by atoms with Gasteiger partial charge in [0.1, 0.15) is 11.1 Å². The SMILES string of the molecule is CC(C)N(CC(=O)O)c1nc(Br)cs1. The lowest BCUT2D eigenvalue weighted by Gasteiger charge is -2.23. The first-order valence-electron chi connectivity index (χ1n) is 4.10. The van der Waals surface area contributed by atoms with Crippen molar-refractivity contribution in [2.45, 2.75) is 19.9 Å². The third kappa shape index (κ3) is 2.95. The number of rotatable bonds is 4. The Hall–Kier alpha value is -0.620. The van der Waals surface area contributed by atoms with Crippen LogP contribution >= 0.6 is 27.3 Å². The van der Waals surface area contributed by atoms with E-state index >= 15 is 0 Å². The van der Waals surface area contributed by atoms with Crippen molar-refractivity contribution in [1.82, 2.24) is 4.98 Å². The van der Waals surface area contributed by atoms with E-state index < -0.39 is 5.97 Å². The summed E-state index contributed by atoms with van der Waals surface area (Å²) in [6.45, 7) is 3.87. The highest BCUT2D eigenvalue weighted by Crippen LogP contribution is 2.24. The molecule has 0 fully saturated rings. The van der Waals surface area contributed by atoms with Gasteiger partial charge in [0.05, 0.1) is 0 Å². The summed E-state index contributed by atoms with van der Waals surface area (Å²) in [5.41, 5.74) is 0. The second kappa shape index (κ2) is 4.75. The molecule has 0 saturated carbocycles. The smallest absolute Gasteiger partial charge is 0.323 e. The number of carbonyl (C=O) groups is 1. The molecule has 0 aromatic carbocycles. The van der Waals surface area contributed by atoms with Gasteiger partial charge in [-0.25, -0.2) is 4.98 Å². The Labute approximate surface area is 94.7 Å². The Morgan fingerprint density at radius 1 is 1.79 bits per heavy atom. The number of carboxylic acids is 1. The second-order valence-electron chi connectivity index (χ2n) is 3.07. The van der Waals surface area contributed by atoms with Crippen molar-refractivity contribution in [2.75, 3.05) is 11.4 Å². The molecule has 1 aromatic heterocycles. The number of thiazole rings is 1. The van der Waals surface area contributed by atoms with Crippen molar-refractivity contribution in [2.24, 2.45) is 0 Å². The quantitative estimate of drug-likeness (QED) is 0.918. The Morgan fingerprint density at radius 3 is 2.79 bits per heavy atom. The molecule has 0 bridgehead atoms. The van der Waals surface area contributed by atoms with E-state index in [4.69, 9.17) is 5.11 Å². The van der Waals surface area contributed by atoms with Crippen LogP contribution in [0.3, 0.4) is 0 Å². The molecule has 1 N–H and O–H groups in total. The van der Waals surface area contributed by atoms with Gasteiger partial charge >= 0.3 is 5.97 Å². The van der Waals surface area contributed by atoms with E-state index in [1.54, 1.807) is 4.90 Å². The van der Waals surface area contributed by atoms with Crippen LogP contribution in [0.2, 0.25) is 0 Å². The summed E-state index contributed by atoms with van der Waals surface area (Å²) in [5, 5.41) is 11.3. The standard InChI is InChI=1S/C8H11BrN2O2S/c1-5(2)11(3-7(12)13)8-10-6(9)4-14-8/h4-5H,3H2,1-2H3,(H,12,13). The summed E-state index contributed by atoms with van der Waals surface area (Å²) < 4.78 is 0.744. The molecule has 0 aliphatic heterocycles. The summed E-state index contributed by atoms with van der Waals surface area (Å²) >= 11 is 4.67. The molecular formula is C8H11BrN2O2S. The number of nitrogens with zero attached hydrogens (tertiary/aromatic N) is 2. The molecule has 0 saturated heterocycles. The fourth-order valence-electron chi connectivity index (χ4n) is 0.994. The van der Waals surface area contributed by atoms with Crippen molar-refractivity contribution in [1.29, 1.82) is 0 Å². The summed E-state index contributed by atoms with van der Waals surface area (Å²) in [5.74, 6) is -0.843. The Bertz CT molecular complexity index is 327. The number of aliphatic carboxylic acids is 1. The monoisotopic (exact) mass is 278 g/mol. The third-order valence-electron chi connectivity index (χ3n) is 1.64. The van der Waals surface area contributed by atoms with E-state index in [1.165, 1.54) is 11.3 Å². The first-order valence-corrected chi connectivity index (χ1v) is 5.77. The Morgan fingerprint density at radius 2 is 2.43 bits per heavy atom. The molecule has 1 aromatic rings. The van der Waals surface area contributed by atoms with Crippen LogP contribution in [0.4, 0.5) is 5.13 Å². The number of anilines is 1. The Balaban J connectivity index is 2.82. The maximum atomic E-state index is 10.6. The fourth-order valence-corrected chi connectivity index (χ4v) is 2.38. The van der Waals surface area contributed by atoms with E-state index in [0.717, 1.165) is 9.73 Å². The number of halogens is 1. The molecule has 0 aliphatic rings. The molecule has 0 aliphatic carbocycles. The largest absolute Gasteiger partial charge is 0.480 e. The van der Waals surface area contributed by atoms with Gasteiger partial charge in [-0.3, -0.25) is 4.79 Å². The molecule has 0 atom stereocenters. The van der Waals surface area contributed by atoms with Gasteiger partial charge in [-0.2, -0.15) is 0 Å². The van der Waals surface area contributed by atoms with E-state index in [0.29, 0.717) is 0 Å². The van der Waals surface area contributed by atoms with Crippen molar-refractivity contribution >= 4 is 38.4 Å². The van der Waals surface area contributed by atoms with Gasteiger partial charge in [-0.1, -0.05) is 0 Å². The Kier molecular flexibility index (Phi) is 3.88. The van der Waals surface area contributed by atoms with Crippen molar-refractivity contribution < 1.29 is 9.90 Å². The van der Waals surface area contributed by atoms with Gasteiger partial charge in [0.2, 0.25) is 0 Å². The molecule has 4 nitrogen and oxygen atoms in total. The van der Waals surface area contributed by atoms with Crippen LogP contribution < -0.4 is 4.90 Å². The normalized spacial score (nSPS) is 10.6. The van der Waals surface area contributed by atoms with Crippen LogP contribution in [-0.2, 0) is 4.79 Å². The summed E-state index contributed by atoms with van der Waals surface area (Å²) in [7, 11) is 0. The lowest BCUT2D eigenvalue weighted by atomic mass is 10.3. The lowest BCUT2D eigenvalue weighted by molar-refractivity contribution is -0.135. The zero-order valence-corrected chi connectivity index (χ0v) is 10.3. The molecule has 78 valence electrons. The van der Waals surface area contributed by atoms with E-state index in [9.17, 15) is 4.79 Å². The average Bonchev–Trinajstić information content (AvgIpc) is 2.46. The summed E-state index contributed by atoms with van der Waals surface area (Å²) in [6, 6.07) is 0.129. The minimum Gasteiger partial charge on any atom is -0.480 e. The lowest BCUT2D eigenvalue weighted by Crippen LogP contribution is -2.35. The average molecular weight is 279 g/mol. The summed E-state index contributed by atoms with van der Waals surface area (Å²) in [6.07, 6.45) is 0. The molecule has 1 heterocycles. The minimum atomic E-state index is -0.843. The van der Waals surface area contributed by atoms with Gasteiger partial charge in [-0.05, 0) is 29.8 Å². The van der Waals surface area contributed by atoms with Gasteiger partial charge in [0.25, 0.3) is 0 Å². The van der Waals surface area contributed by atoms with Crippen LogP contribution in [0.5, 0.6) is 0 Å². The first-order chi connectivity index (χ1) is 6.50. The third-order valence-corrected chi connectivity index (χ3v) is 3.23. The maximum Gasteiger partial charge on any atom is 0.323 e. The molecular weight excluding hydrogens is 268 g/mol. The predicted octanol–water partition coefficient (Wildman–Crippen LogP) is 2.21. The molecule has 0 unspecified atom stereocenters. The van der Waals surface area contributed by atoms with Crippen molar-refractivity contribution in [3.8, 4) is 0 Å². The number of hydrogen-bond donors (Lipinski definition) is 1. The van der Waals surface area contributed by atoms with E-state index in [2.05, 4.69) is 20.9 Å². The first kappa shape index (κ1) is 11.5. The molecule has 14 heavy (non-hydrogen) atoms. The minimum absolute atomic E-state index is 0.0163. The van der Waals surface area contributed by atoms with Crippen LogP contribution in [0.1, 0.15) is 13.8 Å². The highest BCUT2D eigenvalue weighted by Gasteiger charge is 2.16. The maximum absolute atomic E-state index is 10.6. The van der Waals surface area contributed by atoms with Crippen LogP contribution in [0.25, 0.3) is 0 Å². The zero-order valence-electron chi connectivity index (χ0n) is 7.90. The van der Waals surface area contributed by atoms with Gasteiger partial charge in [-0.15, -0.1) is 11.3 Å². The molecule has 1 rings (SSSR count). The van der Waals surface area contributed by atoms with Crippen molar-refractivity contribution in [3.05, 3.63) is 9.98 Å². The topological polar surface area (TPSA) is 53.4 Å². The fraction of sp³-hybridized carbons (Fsp3) is 0.500. The van der Waals surface area contributed by atoms with Crippen molar-refractivity contribution in [3.63, 3.8) is 0 Å². The molecule has 6 heteroatoms. The van der Waals surface area contributed by atoms with Gasteiger partial charge in [0, 0.05) is 11.4 Å². The van der Waals surface area contributed by atoms with E-state index in [-0.39, 0.29) is 12.6 Å². The second-order valence-corrected chi connectivity index (χ2v) is 4.72. The van der Waals surface area contributed by atoms with Crippen LogP contribution in [0.15, 0.2) is 9.98 Å². The predicted molar refractivity (Wildman–Crippen MR) is 59.9 cm³/mol. The number of carboxylic acid groups (broad SMARTS) is 1.